The van der Waals surface area contributed by atoms with E-state index in [1.54, 1.807) is 19.1 Å². The zero-order valence-electron chi connectivity index (χ0n) is 23.3. The highest BCUT2D eigenvalue weighted by molar-refractivity contribution is 5.70. The van der Waals surface area contributed by atoms with E-state index in [0.29, 0.717) is 37.7 Å². The van der Waals surface area contributed by atoms with Gasteiger partial charge in [-0.1, -0.05) is 0 Å². The van der Waals surface area contributed by atoms with Crippen molar-refractivity contribution >= 4 is 17.6 Å². The predicted molar refractivity (Wildman–Crippen MR) is 150 cm³/mol. The largest absolute Gasteiger partial charge is 0.493 e. The zero-order chi connectivity index (χ0) is 27.7. The van der Waals surface area contributed by atoms with Crippen molar-refractivity contribution in [3.63, 3.8) is 0 Å². The predicted octanol–water partition coefficient (Wildman–Crippen LogP) is 4.84. The number of pyridine rings is 1. The minimum atomic E-state index is -0.501. The summed E-state index contributed by atoms with van der Waals surface area (Å²) in [4.78, 5) is 25.8. The van der Waals surface area contributed by atoms with Crippen LogP contribution in [0.2, 0.25) is 0 Å². The highest BCUT2D eigenvalue weighted by Gasteiger charge is 2.26. The van der Waals surface area contributed by atoms with Crippen LogP contribution in [0.4, 0.5) is 10.6 Å². The fourth-order valence-electron chi connectivity index (χ4n) is 4.68. The number of carbonyl (C=O) groups is 1. The average molecular weight is 531 g/mol. The number of nitrogens with zero attached hydrogens (tertiary/aromatic N) is 6. The number of fused-ring (bicyclic) bond motifs is 1. The van der Waals surface area contributed by atoms with Crippen molar-refractivity contribution in [2.45, 2.75) is 33.3 Å². The summed E-state index contributed by atoms with van der Waals surface area (Å²) < 4.78 is 18.2. The molecular formula is C29H34N6O4. The third kappa shape index (κ3) is 5.45. The zero-order valence-corrected chi connectivity index (χ0v) is 23.3. The lowest BCUT2D eigenvalue weighted by Gasteiger charge is -2.36. The summed E-state index contributed by atoms with van der Waals surface area (Å²) >= 11 is 0. The van der Waals surface area contributed by atoms with Crippen LogP contribution in [0.1, 0.15) is 26.5 Å². The van der Waals surface area contributed by atoms with Crippen molar-refractivity contribution < 1.29 is 19.0 Å². The summed E-state index contributed by atoms with van der Waals surface area (Å²) in [6.07, 6.45) is 1.59. The van der Waals surface area contributed by atoms with E-state index in [1.165, 1.54) is 0 Å². The fourth-order valence-corrected chi connectivity index (χ4v) is 4.68. The third-order valence-corrected chi connectivity index (χ3v) is 6.61. The molecule has 1 saturated heterocycles. The molecule has 0 N–H and O–H groups in total. The van der Waals surface area contributed by atoms with Gasteiger partial charge in [-0.25, -0.2) is 19.3 Å². The van der Waals surface area contributed by atoms with Crippen LogP contribution in [0.3, 0.4) is 0 Å². The maximum Gasteiger partial charge on any atom is 0.410 e. The molecule has 1 amide bonds. The second-order valence-corrected chi connectivity index (χ2v) is 10.5. The number of aryl methyl sites for hydroxylation is 1. The maximum absolute atomic E-state index is 12.4. The summed E-state index contributed by atoms with van der Waals surface area (Å²) in [5, 5.41) is 4.91. The van der Waals surface area contributed by atoms with E-state index in [1.807, 2.05) is 80.9 Å². The molecule has 1 aromatic carbocycles. The summed E-state index contributed by atoms with van der Waals surface area (Å²) in [7, 11) is 3.23. The average Bonchev–Trinajstić information content (AvgIpc) is 3.26. The Bertz CT molecular complexity index is 1480. The van der Waals surface area contributed by atoms with Crippen LogP contribution in [0.15, 0.2) is 48.7 Å². The van der Waals surface area contributed by atoms with Gasteiger partial charge in [0.05, 0.1) is 31.3 Å². The van der Waals surface area contributed by atoms with E-state index in [9.17, 15) is 4.79 Å². The number of hydrogen-bond acceptors (Lipinski definition) is 8. The van der Waals surface area contributed by atoms with E-state index >= 15 is 0 Å². The van der Waals surface area contributed by atoms with Gasteiger partial charge < -0.3 is 24.0 Å². The molecule has 39 heavy (non-hydrogen) atoms. The molecule has 0 saturated carbocycles. The number of carbonyl (C=O) groups excluding carboxylic acids is 1. The van der Waals surface area contributed by atoms with E-state index < -0.39 is 5.60 Å². The highest BCUT2D eigenvalue weighted by Crippen LogP contribution is 2.32. The molecule has 0 bridgehead atoms. The number of methoxy groups -OCH3 is 2. The smallest absolute Gasteiger partial charge is 0.410 e. The molecule has 0 spiro atoms. The number of rotatable bonds is 5. The molecular weight excluding hydrogens is 496 g/mol. The SMILES string of the molecule is COc1ccc(-c2ccc3nc(C)c(-c4ccc(N5CCN(C(=O)OC(C)(C)C)CC5)nc4)n3n2)cc1OC. The Morgan fingerprint density at radius 1 is 0.897 bits per heavy atom. The van der Waals surface area contributed by atoms with Crippen molar-refractivity contribution in [2.75, 3.05) is 45.3 Å². The Kier molecular flexibility index (Phi) is 7.03. The molecule has 0 atom stereocenters. The molecule has 5 rings (SSSR count). The standard InChI is InChI=1S/C29H34N6O4/c1-19-27(35-26(31-19)12-9-22(32-35)20-7-10-23(37-5)24(17-20)38-6)21-8-11-25(30-18-21)33-13-15-34(16-14-33)28(36)39-29(2,3)4/h7-12,17-18H,13-16H2,1-6H3. The minimum absolute atomic E-state index is 0.270. The summed E-state index contributed by atoms with van der Waals surface area (Å²) in [6.45, 7) is 10.2. The number of amides is 1. The molecule has 0 unspecified atom stereocenters. The molecule has 0 radical (unpaired) electrons. The number of piperazine rings is 1. The molecule has 10 nitrogen and oxygen atoms in total. The molecule has 4 aromatic rings. The monoisotopic (exact) mass is 530 g/mol. The number of ether oxygens (including phenoxy) is 3. The first-order chi connectivity index (χ1) is 18.7. The molecule has 0 aliphatic carbocycles. The first-order valence-electron chi connectivity index (χ1n) is 12.9. The van der Waals surface area contributed by atoms with Crippen LogP contribution in [0, 0.1) is 6.92 Å². The second kappa shape index (κ2) is 10.4. The lowest BCUT2D eigenvalue weighted by Crippen LogP contribution is -2.50. The van der Waals surface area contributed by atoms with Gasteiger partial charge in [0.15, 0.2) is 17.1 Å². The minimum Gasteiger partial charge on any atom is -0.493 e. The lowest BCUT2D eigenvalue weighted by molar-refractivity contribution is 0.0240. The normalized spacial score (nSPS) is 14.0. The Hall–Kier alpha value is -4.34. The number of benzene rings is 1. The number of anilines is 1. The molecule has 1 aliphatic heterocycles. The van der Waals surface area contributed by atoms with Crippen LogP contribution in [0.5, 0.6) is 11.5 Å². The topological polar surface area (TPSA) is 94.3 Å². The van der Waals surface area contributed by atoms with E-state index in [0.717, 1.165) is 39.7 Å². The van der Waals surface area contributed by atoms with Crippen LogP contribution in [-0.4, -0.2) is 76.6 Å². The molecule has 3 aromatic heterocycles. The van der Waals surface area contributed by atoms with Gasteiger partial charge in [0, 0.05) is 43.5 Å². The third-order valence-electron chi connectivity index (χ3n) is 6.61. The molecule has 10 heteroatoms. The second-order valence-electron chi connectivity index (χ2n) is 10.5. The maximum atomic E-state index is 12.4. The summed E-state index contributed by atoms with van der Waals surface area (Å²) in [5.74, 6) is 2.18. The lowest BCUT2D eigenvalue weighted by atomic mass is 10.1. The quantitative estimate of drug-likeness (QED) is 0.362. The van der Waals surface area contributed by atoms with Crippen molar-refractivity contribution in [1.29, 1.82) is 0 Å². The first kappa shape index (κ1) is 26.3. The fraction of sp³-hybridized carbons (Fsp3) is 0.379. The summed E-state index contributed by atoms with van der Waals surface area (Å²) in [5.41, 5.74) is 4.63. The van der Waals surface area contributed by atoms with Gasteiger partial charge in [0.1, 0.15) is 11.4 Å². The molecule has 1 fully saturated rings. The molecule has 1 aliphatic rings. The number of aromatic nitrogens is 4. The Morgan fingerprint density at radius 3 is 2.26 bits per heavy atom. The molecule has 204 valence electrons. The van der Waals surface area contributed by atoms with Gasteiger partial charge in [-0.15, -0.1) is 0 Å². The molecule has 4 heterocycles. The van der Waals surface area contributed by atoms with E-state index in [2.05, 4.69) is 4.90 Å². The number of imidazole rings is 1. The van der Waals surface area contributed by atoms with E-state index in [4.69, 9.17) is 29.3 Å². The van der Waals surface area contributed by atoms with Gasteiger partial charge in [0.25, 0.3) is 0 Å². The van der Waals surface area contributed by atoms with Crippen LogP contribution in [-0.2, 0) is 4.74 Å². The first-order valence-corrected chi connectivity index (χ1v) is 12.9. The Labute approximate surface area is 228 Å². The van der Waals surface area contributed by atoms with Gasteiger partial charge in [-0.05, 0) is 70.2 Å². The van der Waals surface area contributed by atoms with Gasteiger partial charge in [0.2, 0.25) is 0 Å². The van der Waals surface area contributed by atoms with E-state index in [-0.39, 0.29) is 6.09 Å². The Morgan fingerprint density at radius 2 is 1.62 bits per heavy atom. The van der Waals surface area contributed by atoms with Crippen molar-refractivity contribution in [1.82, 2.24) is 24.5 Å². The van der Waals surface area contributed by atoms with Crippen LogP contribution in [0.25, 0.3) is 28.2 Å². The summed E-state index contributed by atoms with van der Waals surface area (Å²) in [6, 6.07) is 13.7. The van der Waals surface area contributed by atoms with Crippen molar-refractivity contribution in [3.05, 3.63) is 54.4 Å². The van der Waals surface area contributed by atoms with Crippen molar-refractivity contribution in [2.24, 2.45) is 0 Å². The highest BCUT2D eigenvalue weighted by atomic mass is 16.6. The van der Waals surface area contributed by atoms with Gasteiger partial charge >= 0.3 is 6.09 Å². The van der Waals surface area contributed by atoms with Gasteiger partial charge in [-0.3, -0.25) is 0 Å². The Balaban J connectivity index is 1.36. The van der Waals surface area contributed by atoms with Crippen LogP contribution >= 0.6 is 0 Å². The van der Waals surface area contributed by atoms with Crippen molar-refractivity contribution in [3.8, 4) is 34.0 Å². The number of hydrogen-bond donors (Lipinski definition) is 0. The van der Waals surface area contributed by atoms with Gasteiger partial charge in [-0.2, -0.15) is 5.10 Å². The van der Waals surface area contributed by atoms with Crippen LogP contribution < -0.4 is 14.4 Å².